The Hall–Kier alpha value is -2.15. The van der Waals surface area contributed by atoms with Crippen molar-refractivity contribution >= 4 is 15.9 Å². The first-order chi connectivity index (χ1) is 11.2. The number of aromatic nitrogens is 2. The van der Waals surface area contributed by atoms with E-state index in [1.165, 1.54) is 18.3 Å². The van der Waals surface area contributed by atoms with Crippen molar-refractivity contribution in [3.8, 4) is 0 Å². The Morgan fingerprint density at radius 3 is 2.25 bits per heavy atom. The highest BCUT2D eigenvalue weighted by Crippen LogP contribution is 2.17. The molecule has 130 valence electrons. The summed E-state index contributed by atoms with van der Waals surface area (Å²) >= 11 is 0. The second-order valence-electron chi connectivity index (χ2n) is 5.85. The van der Waals surface area contributed by atoms with Gasteiger partial charge in [0.15, 0.2) is 0 Å². The maximum atomic E-state index is 12.7. The van der Waals surface area contributed by atoms with Crippen molar-refractivity contribution in [1.29, 1.82) is 0 Å². The van der Waals surface area contributed by atoms with Crippen molar-refractivity contribution in [2.75, 3.05) is 0 Å². The molecule has 0 N–H and O–H groups in total. The van der Waals surface area contributed by atoms with Gasteiger partial charge in [-0.05, 0) is 49.9 Å². The first kappa shape index (κ1) is 18.2. The van der Waals surface area contributed by atoms with Crippen LogP contribution < -0.4 is 5.69 Å². The number of aryl methyl sites for hydroxylation is 2. The van der Waals surface area contributed by atoms with Gasteiger partial charge in [0.05, 0.1) is 4.90 Å². The number of hydrogen-bond donors (Lipinski definition) is 0. The lowest BCUT2D eigenvalue weighted by Crippen LogP contribution is -2.35. The minimum atomic E-state index is -4.03. The molecule has 7 heteroatoms. The molecule has 2 aromatic rings. The third kappa shape index (κ3) is 3.08. The summed E-state index contributed by atoms with van der Waals surface area (Å²) in [5.41, 5.74) is 0.921. The average Bonchev–Trinajstić information content (AvgIpc) is 2.93. The molecule has 0 fully saturated rings. The van der Waals surface area contributed by atoms with Gasteiger partial charge in [-0.2, -0.15) is 3.97 Å². The van der Waals surface area contributed by atoms with Crippen LogP contribution in [-0.4, -0.2) is 22.9 Å². The topological polar surface area (TPSA) is 78.1 Å². The molecule has 6 nitrogen and oxygen atoms in total. The lowest BCUT2D eigenvalue weighted by Gasteiger charge is -2.10. The minimum absolute atomic E-state index is 0.0282. The molecule has 0 aliphatic heterocycles. The maximum absolute atomic E-state index is 12.7. The largest absolute Gasteiger partial charge is 0.349 e. The molecule has 0 amide bonds. The van der Waals surface area contributed by atoms with Crippen LogP contribution in [-0.2, 0) is 10.0 Å². The first-order valence-corrected chi connectivity index (χ1v) is 9.35. The SMILES string of the molecule is CCC(CC)C(=O)n1ccn(S(=O)(=O)c2ccc(C)c(C)c2)c1=O. The van der Waals surface area contributed by atoms with E-state index in [0.29, 0.717) is 16.8 Å². The Balaban J connectivity index is 2.52. The summed E-state index contributed by atoms with van der Waals surface area (Å²) in [6.07, 6.45) is 3.54. The molecular weight excluding hydrogens is 328 g/mol. The van der Waals surface area contributed by atoms with E-state index in [0.717, 1.165) is 21.9 Å². The molecule has 0 unspecified atom stereocenters. The van der Waals surface area contributed by atoms with Crippen LogP contribution in [0.15, 0.2) is 40.3 Å². The van der Waals surface area contributed by atoms with Crippen molar-refractivity contribution < 1.29 is 13.2 Å². The van der Waals surface area contributed by atoms with Gasteiger partial charge >= 0.3 is 5.69 Å². The molecule has 0 aliphatic carbocycles. The molecule has 0 atom stereocenters. The van der Waals surface area contributed by atoms with E-state index >= 15 is 0 Å². The molecule has 1 aromatic carbocycles. The van der Waals surface area contributed by atoms with Gasteiger partial charge in [0.25, 0.3) is 10.0 Å². The van der Waals surface area contributed by atoms with Gasteiger partial charge in [-0.1, -0.05) is 19.9 Å². The summed E-state index contributed by atoms with van der Waals surface area (Å²) in [5.74, 6) is -0.679. The fourth-order valence-electron chi connectivity index (χ4n) is 2.53. The van der Waals surface area contributed by atoms with E-state index in [4.69, 9.17) is 0 Å². The van der Waals surface area contributed by atoms with Crippen LogP contribution >= 0.6 is 0 Å². The zero-order chi connectivity index (χ0) is 18.1. The molecule has 1 heterocycles. The predicted octanol–water partition coefficient (Wildman–Crippen LogP) is 2.58. The number of imidazole rings is 1. The summed E-state index contributed by atoms with van der Waals surface area (Å²) in [6, 6.07) is 4.68. The molecule has 0 spiro atoms. The molecule has 0 radical (unpaired) electrons. The van der Waals surface area contributed by atoms with Crippen LogP contribution in [0.3, 0.4) is 0 Å². The van der Waals surface area contributed by atoms with Crippen LogP contribution in [0.4, 0.5) is 0 Å². The molecule has 0 saturated heterocycles. The first-order valence-electron chi connectivity index (χ1n) is 7.91. The van der Waals surface area contributed by atoms with E-state index in [1.54, 1.807) is 13.0 Å². The highest BCUT2D eigenvalue weighted by Gasteiger charge is 2.25. The number of benzene rings is 1. The summed E-state index contributed by atoms with van der Waals surface area (Å²) in [5, 5.41) is 0. The van der Waals surface area contributed by atoms with Crippen molar-refractivity contribution in [2.24, 2.45) is 5.92 Å². The highest BCUT2D eigenvalue weighted by molar-refractivity contribution is 7.90. The zero-order valence-electron chi connectivity index (χ0n) is 14.3. The van der Waals surface area contributed by atoms with E-state index in [9.17, 15) is 18.0 Å². The normalized spacial score (nSPS) is 11.9. The van der Waals surface area contributed by atoms with Crippen LogP contribution in [0.1, 0.15) is 42.6 Å². The quantitative estimate of drug-likeness (QED) is 0.830. The Morgan fingerprint density at radius 1 is 1.08 bits per heavy atom. The van der Waals surface area contributed by atoms with Crippen LogP contribution in [0.2, 0.25) is 0 Å². The fourth-order valence-corrected chi connectivity index (χ4v) is 3.84. The Kier molecular flexibility index (Phi) is 5.13. The Morgan fingerprint density at radius 2 is 1.71 bits per heavy atom. The number of carbonyl (C=O) groups is 1. The number of nitrogens with zero attached hydrogens (tertiary/aromatic N) is 2. The maximum Gasteiger partial charge on any atom is 0.349 e. The monoisotopic (exact) mass is 350 g/mol. The standard InChI is InChI=1S/C17H22N2O4S/c1-5-14(6-2)16(20)18-9-10-19(17(18)21)24(22,23)15-8-7-12(3)13(4)11-15/h7-11,14H,5-6H2,1-4H3. The molecule has 2 rings (SSSR count). The summed E-state index contributed by atoms with van der Waals surface area (Å²) in [7, 11) is -4.03. The molecular formula is C17H22N2O4S. The lowest BCUT2D eigenvalue weighted by molar-refractivity contribution is 0.0822. The second-order valence-corrected chi connectivity index (χ2v) is 7.66. The molecule has 1 aromatic heterocycles. The zero-order valence-corrected chi connectivity index (χ0v) is 15.1. The van der Waals surface area contributed by atoms with Gasteiger partial charge in [-0.25, -0.2) is 17.8 Å². The van der Waals surface area contributed by atoms with Crippen LogP contribution in [0.5, 0.6) is 0 Å². The number of carbonyl (C=O) groups excluding carboxylic acids is 1. The molecule has 0 saturated carbocycles. The van der Waals surface area contributed by atoms with E-state index in [-0.39, 0.29) is 16.7 Å². The Labute approximate surface area is 141 Å². The second kappa shape index (κ2) is 6.76. The van der Waals surface area contributed by atoms with Gasteiger partial charge in [0.2, 0.25) is 5.91 Å². The number of rotatable bonds is 5. The van der Waals surface area contributed by atoms with Crippen molar-refractivity contribution in [1.82, 2.24) is 8.54 Å². The number of hydrogen-bond acceptors (Lipinski definition) is 4. The van der Waals surface area contributed by atoms with E-state index in [2.05, 4.69) is 0 Å². The van der Waals surface area contributed by atoms with Gasteiger partial charge in [-0.3, -0.25) is 4.79 Å². The minimum Gasteiger partial charge on any atom is -0.274 e. The Bertz CT molecular complexity index is 918. The fraction of sp³-hybridized carbons (Fsp3) is 0.412. The average molecular weight is 350 g/mol. The molecule has 24 heavy (non-hydrogen) atoms. The predicted molar refractivity (Wildman–Crippen MR) is 91.9 cm³/mol. The van der Waals surface area contributed by atoms with Gasteiger partial charge in [0.1, 0.15) is 0 Å². The summed E-state index contributed by atoms with van der Waals surface area (Å²) in [4.78, 5) is 24.8. The van der Waals surface area contributed by atoms with E-state index in [1.807, 2.05) is 20.8 Å². The van der Waals surface area contributed by atoms with Crippen LogP contribution in [0, 0.1) is 19.8 Å². The van der Waals surface area contributed by atoms with Gasteiger partial charge < -0.3 is 0 Å². The summed E-state index contributed by atoms with van der Waals surface area (Å²) in [6.45, 7) is 7.40. The van der Waals surface area contributed by atoms with E-state index < -0.39 is 15.7 Å². The van der Waals surface area contributed by atoms with Gasteiger partial charge in [0, 0.05) is 18.3 Å². The summed E-state index contributed by atoms with van der Waals surface area (Å²) < 4.78 is 26.9. The van der Waals surface area contributed by atoms with Crippen molar-refractivity contribution in [3.63, 3.8) is 0 Å². The molecule has 0 bridgehead atoms. The molecule has 0 aliphatic rings. The smallest absolute Gasteiger partial charge is 0.274 e. The van der Waals surface area contributed by atoms with Gasteiger partial charge in [-0.15, -0.1) is 0 Å². The van der Waals surface area contributed by atoms with Crippen molar-refractivity contribution in [2.45, 2.75) is 45.4 Å². The highest BCUT2D eigenvalue weighted by atomic mass is 32.2. The lowest BCUT2D eigenvalue weighted by atomic mass is 10.0. The third-order valence-corrected chi connectivity index (χ3v) is 6.00. The van der Waals surface area contributed by atoms with Crippen molar-refractivity contribution in [3.05, 3.63) is 52.2 Å². The van der Waals surface area contributed by atoms with Crippen LogP contribution in [0.25, 0.3) is 0 Å². The third-order valence-electron chi connectivity index (χ3n) is 4.35.